The Bertz CT molecular complexity index is 528. The maximum atomic E-state index is 12.1. The van der Waals surface area contributed by atoms with Gasteiger partial charge in [0, 0.05) is 24.3 Å². The molecule has 2 N–H and O–H groups in total. The Balaban J connectivity index is 1.47. The first kappa shape index (κ1) is 19.2. The minimum atomic E-state index is -0.244. The number of nitrogens with zero attached hydrogens (tertiary/aromatic N) is 1. The molecule has 0 spiro atoms. The van der Waals surface area contributed by atoms with Crippen LogP contribution < -0.4 is 5.73 Å². The van der Waals surface area contributed by atoms with Crippen molar-refractivity contribution in [2.75, 3.05) is 18.9 Å². The lowest BCUT2D eigenvalue weighted by Crippen LogP contribution is -2.45. The predicted molar refractivity (Wildman–Crippen MR) is 106 cm³/mol. The molecule has 0 saturated heterocycles. The molecule has 3 rings (SSSR count). The van der Waals surface area contributed by atoms with Gasteiger partial charge in [0.2, 0.25) is 0 Å². The molecule has 26 heavy (non-hydrogen) atoms. The molecule has 0 atom stereocenters. The molecule has 0 aliphatic heterocycles. The lowest BCUT2D eigenvalue weighted by Gasteiger charge is -2.41. The van der Waals surface area contributed by atoms with Crippen molar-refractivity contribution >= 4 is 11.7 Å². The molecule has 2 aliphatic rings. The van der Waals surface area contributed by atoms with Crippen LogP contribution in [0.1, 0.15) is 81.0 Å². The van der Waals surface area contributed by atoms with Gasteiger partial charge in [-0.25, -0.2) is 4.79 Å². The van der Waals surface area contributed by atoms with E-state index in [0.29, 0.717) is 17.9 Å². The van der Waals surface area contributed by atoms with Crippen LogP contribution in [0.25, 0.3) is 0 Å². The highest BCUT2D eigenvalue weighted by atomic mass is 16.5. The third-order valence-electron chi connectivity index (χ3n) is 6.03. The van der Waals surface area contributed by atoms with Gasteiger partial charge in [-0.05, 0) is 56.4 Å². The second kappa shape index (κ2) is 9.96. The van der Waals surface area contributed by atoms with Gasteiger partial charge in [-0.2, -0.15) is 0 Å². The van der Waals surface area contributed by atoms with Gasteiger partial charge in [0.25, 0.3) is 0 Å². The maximum absolute atomic E-state index is 12.1. The Morgan fingerprint density at radius 3 is 2.00 bits per heavy atom. The zero-order valence-corrected chi connectivity index (χ0v) is 16.0. The van der Waals surface area contributed by atoms with Crippen molar-refractivity contribution in [3.05, 3.63) is 29.8 Å². The number of nitrogen functional groups attached to an aromatic ring is 1. The standard InChI is InChI=1S/C22H34N2O2/c23-19-14-12-18(13-15-19)22(25)26-17-7-16-24(20-8-3-1-4-9-20)21-10-5-2-6-11-21/h12-15,20-21H,1-11,16-17,23H2. The number of carbonyl (C=O) groups excluding carboxylic acids is 1. The first-order valence-corrected chi connectivity index (χ1v) is 10.5. The van der Waals surface area contributed by atoms with Crippen LogP contribution in [-0.2, 0) is 4.74 Å². The number of nitrogens with two attached hydrogens (primary N) is 1. The van der Waals surface area contributed by atoms with E-state index in [0.717, 1.165) is 25.0 Å². The van der Waals surface area contributed by atoms with Crippen LogP contribution in [0, 0.1) is 0 Å². The summed E-state index contributed by atoms with van der Waals surface area (Å²) in [6.45, 7) is 1.56. The Morgan fingerprint density at radius 1 is 0.923 bits per heavy atom. The molecule has 0 radical (unpaired) electrons. The van der Waals surface area contributed by atoms with Crippen molar-refractivity contribution in [2.24, 2.45) is 0 Å². The number of anilines is 1. The summed E-state index contributed by atoms with van der Waals surface area (Å²) < 4.78 is 5.49. The van der Waals surface area contributed by atoms with E-state index >= 15 is 0 Å². The Kier molecular flexibility index (Phi) is 7.36. The normalized spacial score (nSPS) is 19.6. The van der Waals surface area contributed by atoms with Gasteiger partial charge in [-0.1, -0.05) is 38.5 Å². The van der Waals surface area contributed by atoms with Crippen LogP contribution in [-0.4, -0.2) is 36.1 Å². The highest BCUT2D eigenvalue weighted by molar-refractivity contribution is 5.89. The summed E-state index contributed by atoms with van der Waals surface area (Å²) in [5, 5.41) is 0. The van der Waals surface area contributed by atoms with Crippen molar-refractivity contribution in [3.8, 4) is 0 Å². The van der Waals surface area contributed by atoms with Crippen LogP contribution in [0.3, 0.4) is 0 Å². The second-order valence-electron chi connectivity index (χ2n) is 7.93. The number of hydrogen-bond acceptors (Lipinski definition) is 4. The summed E-state index contributed by atoms with van der Waals surface area (Å²) in [4.78, 5) is 14.9. The first-order chi connectivity index (χ1) is 12.7. The molecule has 0 heterocycles. The van der Waals surface area contributed by atoms with Crippen LogP contribution in [0.2, 0.25) is 0 Å². The average Bonchev–Trinajstić information content (AvgIpc) is 2.70. The highest BCUT2D eigenvalue weighted by Crippen LogP contribution is 2.30. The van der Waals surface area contributed by atoms with E-state index in [1.807, 2.05) is 0 Å². The summed E-state index contributed by atoms with van der Waals surface area (Å²) in [5.74, 6) is -0.244. The zero-order chi connectivity index (χ0) is 18.2. The van der Waals surface area contributed by atoms with Crippen molar-refractivity contribution in [2.45, 2.75) is 82.7 Å². The second-order valence-corrected chi connectivity index (χ2v) is 7.93. The number of esters is 1. The lowest BCUT2D eigenvalue weighted by molar-refractivity contribution is 0.0425. The van der Waals surface area contributed by atoms with E-state index in [2.05, 4.69) is 4.90 Å². The van der Waals surface area contributed by atoms with Crippen LogP contribution >= 0.6 is 0 Å². The van der Waals surface area contributed by atoms with E-state index < -0.39 is 0 Å². The van der Waals surface area contributed by atoms with Crippen molar-refractivity contribution in [3.63, 3.8) is 0 Å². The summed E-state index contributed by atoms with van der Waals surface area (Å²) in [5.41, 5.74) is 6.91. The topological polar surface area (TPSA) is 55.6 Å². The van der Waals surface area contributed by atoms with Crippen LogP contribution in [0.5, 0.6) is 0 Å². The third kappa shape index (κ3) is 5.47. The van der Waals surface area contributed by atoms with E-state index in [-0.39, 0.29) is 5.97 Å². The van der Waals surface area contributed by atoms with Gasteiger partial charge in [-0.3, -0.25) is 4.90 Å². The first-order valence-electron chi connectivity index (χ1n) is 10.5. The quantitative estimate of drug-likeness (QED) is 0.433. The molecule has 144 valence electrons. The molecule has 0 bridgehead atoms. The molecular formula is C22H34N2O2. The molecule has 4 heteroatoms. The molecule has 2 saturated carbocycles. The highest BCUT2D eigenvalue weighted by Gasteiger charge is 2.28. The maximum Gasteiger partial charge on any atom is 0.338 e. The SMILES string of the molecule is Nc1ccc(C(=O)OCCCN(C2CCCCC2)C2CCCCC2)cc1. The largest absolute Gasteiger partial charge is 0.462 e. The lowest BCUT2D eigenvalue weighted by atomic mass is 9.88. The molecule has 2 fully saturated rings. The number of hydrogen-bond donors (Lipinski definition) is 1. The summed E-state index contributed by atoms with van der Waals surface area (Å²) in [6.07, 6.45) is 14.6. The minimum Gasteiger partial charge on any atom is -0.462 e. The molecule has 2 aliphatic carbocycles. The Hall–Kier alpha value is -1.55. The third-order valence-corrected chi connectivity index (χ3v) is 6.03. The van der Waals surface area contributed by atoms with Gasteiger partial charge < -0.3 is 10.5 Å². The van der Waals surface area contributed by atoms with E-state index in [1.54, 1.807) is 24.3 Å². The number of carbonyl (C=O) groups is 1. The van der Waals surface area contributed by atoms with Crippen molar-refractivity contribution < 1.29 is 9.53 Å². The number of ether oxygens (including phenoxy) is 1. The van der Waals surface area contributed by atoms with E-state index in [1.165, 1.54) is 64.2 Å². The average molecular weight is 359 g/mol. The molecule has 1 aromatic rings. The van der Waals surface area contributed by atoms with Gasteiger partial charge in [-0.15, -0.1) is 0 Å². The van der Waals surface area contributed by atoms with E-state index in [9.17, 15) is 4.79 Å². The van der Waals surface area contributed by atoms with E-state index in [4.69, 9.17) is 10.5 Å². The Labute approximate surface area is 158 Å². The fraction of sp³-hybridized carbons (Fsp3) is 0.682. The summed E-state index contributed by atoms with van der Waals surface area (Å²) >= 11 is 0. The summed E-state index contributed by atoms with van der Waals surface area (Å²) in [7, 11) is 0. The Morgan fingerprint density at radius 2 is 1.46 bits per heavy atom. The molecular weight excluding hydrogens is 324 g/mol. The molecule has 0 amide bonds. The van der Waals surface area contributed by atoms with Crippen molar-refractivity contribution in [1.29, 1.82) is 0 Å². The smallest absolute Gasteiger partial charge is 0.338 e. The van der Waals surface area contributed by atoms with Gasteiger partial charge in [0.15, 0.2) is 0 Å². The van der Waals surface area contributed by atoms with Crippen LogP contribution in [0.15, 0.2) is 24.3 Å². The fourth-order valence-corrected chi connectivity index (χ4v) is 4.60. The summed E-state index contributed by atoms with van der Waals surface area (Å²) in [6, 6.07) is 8.44. The number of benzene rings is 1. The monoisotopic (exact) mass is 358 g/mol. The zero-order valence-electron chi connectivity index (χ0n) is 16.0. The van der Waals surface area contributed by atoms with Crippen molar-refractivity contribution in [1.82, 2.24) is 4.90 Å². The van der Waals surface area contributed by atoms with Gasteiger partial charge >= 0.3 is 5.97 Å². The molecule has 0 unspecified atom stereocenters. The van der Waals surface area contributed by atoms with Gasteiger partial charge in [0.1, 0.15) is 0 Å². The van der Waals surface area contributed by atoms with Crippen LogP contribution in [0.4, 0.5) is 5.69 Å². The predicted octanol–water partition coefficient (Wildman–Crippen LogP) is 4.78. The molecule has 1 aromatic carbocycles. The molecule has 0 aromatic heterocycles. The number of rotatable bonds is 7. The fourth-order valence-electron chi connectivity index (χ4n) is 4.60. The van der Waals surface area contributed by atoms with Gasteiger partial charge in [0.05, 0.1) is 12.2 Å². The minimum absolute atomic E-state index is 0.244. The molecule has 4 nitrogen and oxygen atoms in total.